The zero-order valence-electron chi connectivity index (χ0n) is 13.3. The van der Waals surface area contributed by atoms with Gasteiger partial charge < -0.3 is 0 Å². The number of aryl methyl sites for hydroxylation is 2. The Morgan fingerprint density at radius 2 is 1.50 bits per heavy atom. The molecule has 0 radical (unpaired) electrons. The second-order valence-corrected chi connectivity index (χ2v) is 7.46. The van der Waals surface area contributed by atoms with Gasteiger partial charge in [0, 0.05) is 0 Å². The number of rotatable bonds is 3. The first-order valence-electron chi connectivity index (χ1n) is 8.79. The lowest BCUT2D eigenvalue weighted by atomic mass is 9.74. The van der Waals surface area contributed by atoms with E-state index in [-0.39, 0.29) is 0 Å². The van der Waals surface area contributed by atoms with Gasteiger partial charge in [0.2, 0.25) is 0 Å². The van der Waals surface area contributed by atoms with Crippen LogP contribution in [-0.4, -0.2) is 0 Å². The smallest absolute Gasteiger partial charge is 0.0159 e. The normalized spacial score (nSPS) is 27.9. The van der Waals surface area contributed by atoms with Crippen molar-refractivity contribution in [3.63, 3.8) is 0 Å². The number of hydrogen-bond donors (Lipinski definition) is 0. The maximum atomic E-state index is 2.40. The molecule has 1 aromatic rings. The lowest BCUT2D eigenvalue weighted by Gasteiger charge is -2.31. The van der Waals surface area contributed by atoms with E-state index in [2.05, 4.69) is 32.0 Å². The highest BCUT2D eigenvalue weighted by Gasteiger charge is 2.26. The molecule has 0 heteroatoms. The van der Waals surface area contributed by atoms with Gasteiger partial charge in [-0.05, 0) is 74.8 Å². The molecule has 2 aliphatic rings. The first kappa shape index (κ1) is 14.2. The van der Waals surface area contributed by atoms with E-state index in [1.807, 2.05) is 0 Å². The van der Waals surface area contributed by atoms with Crippen LogP contribution in [0.5, 0.6) is 0 Å². The third-order valence-corrected chi connectivity index (χ3v) is 5.85. The van der Waals surface area contributed by atoms with Crippen LogP contribution in [0.4, 0.5) is 0 Å². The minimum Gasteiger partial charge on any atom is -0.0590 e. The Bertz CT molecular complexity index is 431. The summed E-state index contributed by atoms with van der Waals surface area (Å²) in [6, 6.07) is 7.06. The number of hydrogen-bond acceptors (Lipinski definition) is 0. The topological polar surface area (TPSA) is 0 Å². The molecule has 0 saturated heterocycles. The highest BCUT2D eigenvalue weighted by Crippen LogP contribution is 2.41. The van der Waals surface area contributed by atoms with E-state index < -0.39 is 0 Å². The molecule has 1 aromatic carbocycles. The summed E-state index contributed by atoms with van der Waals surface area (Å²) in [5.74, 6) is 2.97. The van der Waals surface area contributed by atoms with Crippen LogP contribution in [-0.2, 0) is 0 Å². The van der Waals surface area contributed by atoms with Crippen LogP contribution in [0.15, 0.2) is 18.2 Å². The monoisotopic (exact) mass is 270 g/mol. The third kappa shape index (κ3) is 3.27. The first-order chi connectivity index (χ1) is 9.72. The Morgan fingerprint density at radius 1 is 0.850 bits per heavy atom. The maximum absolute atomic E-state index is 2.40. The first-order valence-corrected chi connectivity index (χ1v) is 8.79. The van der Waals surface area contributed by atoms with Crippen LogP contribution in [0.1, 0.15) is 80.4 Å². The Hall–Kier alpha value is -0.780. The fraction of sp³-hybridized carbons (Fsp3) is 0.700. The molecule has 0 bridgehead atoms. The molecule has 0 heterocycles. The largest absolute Gasteiger partial charge is 0.0590 e. The van der Waals surface area contributed by atoms with Crippen molar-refractivity contribution in [3.05, 3.63) is 34.9 Å². The molecule has 0 nitrogen and oxygen atoms in total. The van der Waals surface area contributed by atoms with Crippen LogP contribution < -0.4 is 0 Å². The molecule has 20 heavy (non-hydrogen) atoms. The van der Waals surface area contributed by atoms with Gasteiger partial charge in [0.25, 0.3) is 0 Å². The molecule has 2 fully saturated rings. The fourth-order valence-corrected chi connectivity index (χ4v) is 4.71. The average Bonchev–Trinajstić information content (AvgIpc) is 2.93. The summed E-state index contributed by atoms with van der Waals surface area (Å²) in [5.41, 5.74) is 4.56. The van der Waals surface area contributed by atoms with Crippen molar-refractivity contribution in [3.8, 4) is 0 Å². The predicted molar refractivity (Wildman–Crippen MR) is 87.2 cm³/mol. The Balaban J connectivity index is 1.55. The van der Waals surface area contributed by atoms with E-state index in [4.69, 9.17) is 0 Å². The predicted octanol–water partition coefficient (Wildman–Crippen LogP) is 6.16. The molecule has 0 unspecified atom stereocenters. The molecule has 0 atom stereocenters. The molecule has 2 aliphatic carbocycles. The van der Waals surface area contributed by atoms with Crippen LogP contribution in [0.25, 0.3) is 0 Å². The van der Waals surface area contributed by atoms with Crippen LogP contribution >= 0.6 is 0 Å². The van der Waals surface area contributed by atoms with Gasteiger partial charge >= 0.3 is 0 Å². The van der Waals surface area contributed by atoms with Crippen molar-refractivity contribution in [1.82, 2.24) is 0 Å². The van der Waals surface area contributed by atoms with Gasteiger partial charge in [-0.25, -0.2) is 0 Å². The van der Waals surface area contributed by atoms with Crippen LogP contribution in [0.3, 0.4) is 0 Å². The van der Waals surface area contributed by atoms with Crippen molar-refractivity contribution in [2.45, 2.75) is 77.6 Å². The highest BCUT2D eigenvalue weighted by atomic mass is 14.3. The summed E-state index contributed by atoms with van der Waals surface area (Å²) in [7, 11) is 0. The highest BCUT2D eigenvalue weighted by molar-refractivity contribution is 5.33. The summed E-state index contributed by atoms with van der Waals surface area (Å²) in [4.78, 5) is 0. The van der Waals surface area contributed by atoms with E-state index in [0.29, 0.717) is 0 Å². The zero-order valence-corrected chi connectivity index (χ0v) is 13.3. The third-order valence-electron chi connectivity index (χ3n) is 5.85. The van der Waals surface area contributed by atoms with Gasteiger partial charge in [-0.1, -0.05) is 49.4 Å². The molecule has 0 amide bonds. The van der Waals surface area contributed by atoms with E-state index in [1.165, 1.54) is 62.5 Å². The van der Waals surface area contributed by atoms with Crippen molar-refractivity contribution < 1.29 is 0 Å². The molecule has 0 spiro atoms. The minimum absolute atomic E-state index is 0.843. The Kier molecular flexibility index (Phi) is 4.48. The summed E-state index contributed by atoms with van der Waals surface area (Å²) < 4.78 is 0. The molecule has 3 rings (SSSR count). The van der Waals surface area contributed by atoms with Crippen molar-refractivity contribution in [2.75, 3.05) is 0 Å². The Morgan fingerprint density at radius 3 is 2.15 bits per heavy atom. The fourth-order valence-electron chi connectivity index (χ4n) is 4.71. The second-order valence-electron chi connectivity index (χ2n) is 7.46. The molecule has 0 aliphatic heterocycles. The summed E-state index contributed by atoms with van der Waals surface area (Å²) in [5, 5.41) is 0. The van der Waals surface area contributed by atoms with Crippen molar-refractivity contribution in [2.24, 2.45) is 11.8 Å². The molecule has 110 valence electrons. The quantitative estimate of drug-likeness (QED) is 0.617. The molecule has 2 saturated carbocycles. The SMILES string of the molecule is Cc1ccc(C2CCC(CC3CCCC3)CC2)c(C)c1. The van der Waals surface area contributed by atoms with Crippen molar-refractivity contribution in [1.29, 1.82) is 0 Å². The molecular formula is C20H30. The van der Waals surface area contributed by atoms with Crippen LogP contribution in [0.2, 0.25) is 0 Å². The lowest BCUT2D eigenvalue weighted by molar-refractivity contribution is 0.270. The van der Waals surface area contributed by atoms with Crippen LogP contribution in [0, 0.1) is 25.7 Å². The summed E-state index contributed by atoms with van der Waals surface area (Å²) in [6.07, 6.45) is 13.4. The van der Waals surface area contributed by atoms with E-state index in [1.54, 1.807) is 12.0 Å². The second kappa shape index (κ2) is 6.33. The lowest BCUT2D eigenvalue weighted by Crippen LogP contribution is -2.16. The van der Waals surface area contributed by atoms with Gasteiger partial charge in [-0.3, -0.25) is 0 Å². The van der Waals surface area contributed by atoms with E-state index in [9.17, 15) is 0 Å². The average molecular weight is 270 g/mol. The summed E-state index contributed by atoms with van der Waals surface area (Å²) in [6.45, 7) is 4.50. The molecule has 0 N–H and O–H groups in total. The number of benzene rings is 1. The standard InChI is InChI=1S/C20H30/c1-15-7-12-20(16(2)13-15)19-10-8-18(9-11-19)14-17-5-3-4-6-17/h7,12-13,17-19H,3-6,8-11,14H2,1-2H3. The zero-order chi connectivity index (χ0) is 13.9. The Labute approximate surface area is 125 Å². The molecular weight excluding hydrogens is 240 g/mol. The van der Waals surface area contributed by atoms with E-state index >= 15 is 0 Å². The van der Waals surface area contributed by atoms with Gasteiger partial charge in [0.15, 0.2) is 0 Å². The van der Waals surface area contributed by atoms with Gasteiger partial charge in [0.1, 0.15) is 0 Å². The summed E-state index contributed by atoms with van der Waals surface area (Å²) >= 11 is 0. The van der Waals surface area contributed by atoms with Gasteiger partial charge in [0.05, 0.1) is 0 Å². The van der Waals surface area contributed by atoms with Crippen molar-refractivity contribution >= 4 is 0 Å². The minimum atomic E-state index is 0.843. The van der Waals surface area contributed by atoms with Gasteiger partial charge in [-0.2, -0.15) is 0 Å². The molecule has 0 aromatic heterocycles. The van der Waals surface area contributed by atoms with E-state index in [0.717, 1.165) is 17.8 Å². The maximum Gasteiger partial charge on any atom is -0.0159 e. The van der Waals surface area contributed by atoms with Gasteiger partial charge in [-0.15, -0.1) is 0 Å².